The van der Waals surface area contributed by atoms with Gasteiger partial charge in [0.2, 0.25) is 10.0 Å². The number of guanidine groups is 1. The van der Waals surface area contributed by atoms with Crippen LogP contribution in [0.1, 0.15) is 51.9 Å². The first-order valence-electron chi connectivity index (χ1n) is 10.0. The zero-order chi connectivity index (χ0) is 18.6. The molecule has 0 aromatic rings. The van der Waals surface area contributed by atoms with Gasteiger partial charge in [-0.05, 0) is 44.9 Å². The van der Waals surface area contributed by atoms with Crippen molar-refractivity contribution in [2.24, 2.45) is 16.3 Å². The third-order valence-electron chi connectivity index (χ3n) is 6.45. The van der Waals surface area contributed by atoms with Crippen LogP contribution in [-0.2, 0) is 14.8 Å². The van der Waals surface area contributed by atoms with Crippen LogP contribution in [0.4, 0.5) is 0 Å². The van der Waals surface area contributed by atoms with Crippen molar-refractivity contribution in [3.05, 3.63) is 0 Å². The van der Waals surface area contributed by atoms with E-state index in [1.54, 1.807) is 7.05 Å². The average Bonchev–Trinajstić information content (AvgIpc) is 2.48. The molecule has 0 radical (unpaired) electrons. The van der Waals surface area contributed by atoms with E-state index in [4.69, 9.17) is 4.74 Å². The quantitative estimate of drug-likeness (QED) is 0.409. The molecule has 3 aliphatic carbocycles. The third kappa shape index (κ3) is 4.34. The highest BCUT2D eigenvalue weighted by Gasteiger charge is 2.59. The Labute approximate surface area is 157 Å². The maximum absolute atomic E-state index is 12.1. The van der Waals surface area contributed by atoms with Gasteiger partial charge in [-0.3, -0.25) is 4.99 Å². The second kappa shape index (κ2) is 8.44. The number of ether oxygens (including phenoxy) is 1. The lowest BCUT2D eigenvalue weighted by Gasteiger charge is -2.61. The predicted molar refractivity (Wildman–Crippen MR) is 104 cm³/mol. The third-order valence-corrected chi connectivity index (χ3v) is 7.80. The van der Waals surface area contributed by atoms with Gasteiger partial charge in [0.1, 0.15) is 0 Å². The summed E-state index contributed by atoms with van der Waals surface area (Å²) in [4.78, 5) is 4.26. The molecule has 0 saturated heterocycles. The van der Waals surface area contributed by atoms with E-state index in [2.05, 4.69) is 20.3 Å². The second-order valence-electron chi connectivity index (χ2n) is 7.93. The van der Waals surface area contributed by atoms with Crippen molar-refractivity contribution in [2.75, 3.05) is 32.5 Å². The average molecular weight is 387 g/mol. The molecule has 3 aliphatic rings. The van der Waals surface area contributed by atoms with Crippen LogP contribution in [0, 0.1) is 11.3 Å². The van der Waals surface area contributed by atoms with E-state index in [9.17, 15) is 8.42 Å². The van der Waals surface area contributed by atoms with Crippen molar-refractivity contribution in [1.29, 1.82) is 0 Å². The second-order valence-corrected chi connectivity index (χ2v) is 9.85. The van der Waals surface area contributed by atoms with E-state index in [0.29, 0.717) is 37.1 Å². The molecule has 8 heteroatoms. The summed E-state index contributed by atoms with van der Waals surface area (Å²) in [5.41, 5.74) is 0.254. The van der Waals surface area contributed by atoms with Crippen LogP contribution in [0.15, 0.2) is 4.99 Å². The number of sulfonamides is 1. The molecule has 0 aromatic carbocycles. The van der Waals surface area contributed by atoms with Gasteiger partial charge < -0.3 is 15.4 Å². The smallest absolute Gasteiger partial charge is 0.213 e. The number of hydrogen-bond donors (Lipinski definition) is 3. The van der Waals surface area contributed by atoms with Gasteiger partial charge in [-0.25, -0.2) is 13.1 Å². The summed E-state index contributed by atoms with van der Waals surface area (Å²) >= 11 is 0. The number of nitrogens with one attached hydrogen (secondary N) is 3. The molecule has 0 heterocycles. The Morgan fingerprint density at radius 3 is 2.58 bits per heavy atom. The summed E-state index contributed by atoms with van der Waals surface area (Å²) in [5, 5.41) is 6.63. The van der Waals surface area contributed by atoms with Crippen LogP contribution < -0.4 is 15.4 Å². The first kappa shape index (κ1) is 19.9. The fraction of sp³-hybridized carbons (Fsp3) is 0.944. The van der Waals surface area contributed by atoms with Gasteiger partial charge in [0.15, 0.2) is 5.96 Å². The highest BCUT2D eigenvalue weighted by Crippen LogP contribution is 2.57. The molecule has 26 heavy (non-hydrogen) atoms. The summed E-state index contributed by atoms with van der Waals surface area (Å²) in [6.07, 6.45) is 8.52. The Balaban J connectivity index is 1.39. The van der Waals surface area contributed by atoms with E-state index in [1.807, 2.05) is 6.92 Å². The molecule has 2 unspecified atom stereocenters. The Hall–Kier alpha value is -0.860. The van der Waals surface area contributed by atoms with E-state index < -0.39 is 10.0 Å². The number of nitrogens with zero attached hydrogens (tertiary/aromatic N) is 1. The minimum atomic E-state index is -3.22. The van der Waals surface area contributed by atoms with Crippen molar-refractivity contribution in [3.8, 4) is 0 Å². The summed E-state index contributed by atoms with van der Waals surface area (Å²) in [6.45, 7) is 3.75. The molecule has 0 amide bonds. The maximum Gasteiger partial charge on any atom is 0.213 e. The Morgan fingerprint density at radius 2 is 2.04 bits per heavy atom. The largest absolute Gasteiger partial charge is 0.378 e. The molecule has 150 valence electrons. The van der Waals surface area contributed by atoms with Crippen LogP contribution in [0.2, 0.25) is 0 Å². The minimum absolute atomic E-state index is 0.0673. The topological polar surface area (TPSA) is 91.8 Å². The Morgan fingerprint density at radius 1 is 1.27 bits per heavy atom. The maximum atomic E-state index is 12.1. The minimum Gasteiger partial charge on any atom is -0.378 e. The normalized spacial score (nSPS) is 28.2. The fourth-order valence-electron chi connectivity index (χ4n) is 4.32. The van der Waals surface area contributed by atoms with E-state index in [1.165, 1.54) is 25.7 Å². The molecule has 3 rings (SSSR count). The van der Waals surface area contributed by atoms with Crippen molar-refractivity contribution >= 4 is 16.0 Å². The van der Waals surface area contributed by atoms with Crippen molar-refractivity contribution in [1.82, 2.24) is 15.4 Å². The van der Waals surface area contributed by atoms with Crippen LogP contribution in [0.25, 0.3) is 0 Å². The zero-order valence-corrected chi connectivity index (χ0v) is 16.9. The summed E-state index contributed by atoms with van der Waals surface area (Å²) < 4.78 is 32.8. The van der Waals surface area contributed by atoms with Gasteiger partial charge in [-0.15, -0.1) is 0 Å². The molecule has 7 nitrogen and oxygen atoms in total. The van der Waals surface area contributed by atoms with Gasteiger partial charge >= 0.3 is 0 Å². The van der Waals surface area contributed by atoms with Crippen molar-refractivity contribution in [3.63, 3.8) is 0 Å². The van der Waals surface area contributed by atoms with Gasteiger partial charge in [0.05, 0.1) is 11.9 Å². The summed E-state index contributed by atoms with van der Waals surface area (Å²) in [5.74, 6) is 1.28. The molecule has 0 aromatic heterocycles. The van der Waals surface area contributed by atoms with Crippen LogP contribution in [0.5, 0.6) is 0 Å². The number of hydrogen-bond acceptors (Lipinski definition) is 4. The van der Waals surface area contributed by atoms with E-state index in [0.717, 1.165) is 25.9 Å². The van der Waals surface area contributed by atoms with Gasteiger partial charge in [0.25, 0.3) is 0 Å². The molecular weight excluding hydrogens is 352 g/mol. The molecule has 1 spiro atoms. The van der Waals surface area contributed by atoms with Crippen LogP contribution in [0.3, 0.4) is 0 Å². The standard InChI is InChI=1S/C18H34N4O3S/c1-3-25-16-12-15(18(16)8-5-9-18)22-17(19-2)20-10-11-26(23,24)21-13-14-6-4-7-14/h14-16,21H,3-13H2,1-2H3,(H2,19,20,22). The van der Waals surface area contributed by atoms with E-state index >= 15 is 0 Å². The lowest BCUT2D eigenvalue weighted by molar-refractivity contribution is -0.168. The lowest BCUT2D eigenvalue weighted by Crippen LogP contribution is -2.68. The van der Waals surface area contributed by atoms with Crippen molar-refractivity contribution in [2.45, 2.75) is 64.0 Å². The molecule has 0 aliphatic heterocycles. The zero-order valence-electron chi connectivity index (χ0n) is 16.1. The van der Waals surface area contributed by atoms with E-state index in [-0.39, 0.29) is 11.2 Å². The first-order chi connectivity index (χ1) is 12.5. The Kier molecular flexibility index (Phi) is 6.45. The van der Waals surface area contributed by atoms with Crippen LogP contribution >= 0.6 is 0 Å². The number of rotatable bonds is 9. The monoisotopic (exact) mass is 386 g/mol. The SMILES string of the molecule is CCOC1CC(NC(=NC)NCCS(=O)(=O)NCC2CCC2)C12CCC2. The number of aliphatic imine (C=N–C) groups is 1. The highest BCUT2D eigenvalue weighted by atomic mass is 32.2. The predicted octanol–water partition coefficient (Wildman–Crippen LogP) is 1.22. The van der Waals surface area contributed by atoms with Crippen molar-refractivity contribution < 1.29 is 13.2 Å². The lowest BCUT2D eigenvalue weighted by atomic mass is 9.51. The molecule has 3 saturated carbocycles. The molecule has 3 N–H and O–H groups in total. The molecule has 2 atom stereocenters. The van der Waals surface area contributed by atoms with Crippen LogP contribution in [-0.4, -0.2) is 59.0 Å². The molecular formula is C18H34N4O3S. The fourth-order valence-corrected chi connectivity index (χ4v) is 5.32. The summed E-state index contributed by atoms with van der Waals surface area (Å²) in [7, 11) is -1.50. The first-order valence-corrected chi connectivity index (χ1v) is 11.7. The molecule has 3 fully saturated rings. The molecule has 0 bridgehead atoms. The van der Waals surface area contributed by atoms with Gasteiger partial charge in [0, 0.05) is 38.2 Å². The summed E-state index contributed by atoms with van der Waals surface area (Å²) in [6, 6.07) is 0.368. The Bertz CT molecular complexity index is 600. The van der Waals surface area contributed by atoms with Gasteiger partial charge in [-0.1, -0.05) is 12.8 Å². The highest BCUT2D eigenvalue weighted by molar-refractivity contribution is 7.89. The van der Waals surface area contributed by atoms with Gasteiger partial charge in [-0.2, -0.15) is 0 Å².